The molecule has 0 radical (unpaired) electrons. The molecule has 0 aliphatic rings. The van der Waals surface area contributed by atoms with Gasteiger partial charge in [-0.3, -0.25) is 14.4 Å². The Kier molecular flexibility index (Phi) is 5.78. The Labute approximate surface area is 138 Å². The number of nitrogens with one attached hydrogen (secondary N) is 1. The second-order valence-electron chi connectivity index (χ2n) is 5.15. The van der Waals surface area contributed by atoms with Gasteiger partial charge in [0, 0.05) is 11.1 Å². The Morgan fingerprint density at radius 3 is 2.46 bits per heavy atom. The van der Waals surface area contributed by atoms with Gasteiger partial charge in [0.15, 0.2) is 12.4 Å². The lowest BCUT2D eigenvalue weighted by Crippen LogP contribution is -2.31. The number of hydrogen-bond acceptors (Lipinski definition) is 4. The van der Waals surface area contributed by atoms with E-state index in [1.54, 1.807) is 18.2 Å². The van der Waals surface area contributed by atoms with E-state index in [0.29, 0.717) is 5.56 Å². The molecule has 0 unspecified atom stereocenters. The fourth-order valence-electron chi connectivity index (χ4n) is 1.98. The maximum Gasteiger partial charge on any atom is 0.325 e. The Hall–Kier alpha value is -3.02. The second kappa shape index (κ2) is 8.01. The summed E-state index contributed by atoms with van der Waals surface area (Å²) in [6, 6.07) is 12.0. The highest BCUT2D eigenvalue weighted by Crippen LogP contribution is 2.05. The van der Waals surface area contributed by atoms with Crippen molar-refractivity contribution in [1.29, 1.82) is 0 Å². The minimum absolute atomic E-state index is 0.117. The van der Waals surface area contributed by atoms with Gasteiger partial charge in [0.05, 0.1) is 0 Å². The van der Waals surface area contributed by atoms with Gasteiger partial charge >= 0.3 is 5.97 Å². The summed E-state index contributed by atoms with van der Waals surface area (Å²) >= 11 is 0. The fourth-order valence-corrected chi connectivity index (χ4v) is 1.98. The molecule has 124 valence electrons. The smallest absolute Gasteiger partial charge is 0.325 e. The van der Waals surface area contributed by atoms with E-state index >= 15 is 0 Å². The van der Waals surface area contributed by atoms with E-state index in [2.05, 4.69) is 5.32 Å². The van der Waals surface area contributed by atoms with Crippen LogP contribution in [0.15, 0.2) is 48.5 Å². The summed E-state index contributed by atoms with van der Waals surface area (Å²) in [5, 5.41) is 2.41. The van der Waals surface area contributed by atoms with Gasteiger partial charge in [0.2, 0.25) is 0 Å². The highest BCUT2D eigenvalue weighted by atomic mass is 19.1. The first-order chi connectivity index (χ1) is 11.5. The number of amides is 1. The van der Waals surface area contributed by atoms with E-state index in [9.17, 15) is 18.8 Å². The van der Waals surface area contributed by atoms with Gasteiger partial charge in [0.1, 0.15) is 12.4 Å². The molecule has 24 heavy (non-hydrogen) atoms. The van der Waals surface area contributed by atoms with Crippen molar-refractivity contribution in [1.82, 2.24) is 5.32 Å². The summed E-state index contributed by atoms with van der Waals surface area (Å²) in [5.41, 5.74) is 1.47. The number of ether oxygens (including phenoxy) is 1. The predicted molar refractivity (Wildman–Crippen MR) is 85.2 cm³/mol. The lowest BCUT2D eigenvalue weighted by atomic mass is 10.1. The first-order valence-electron chi connectivity index (χ1n) is 7.25. The first kappa shape index (κ1) is 17.3. The van der Waals surface area contributed by atoms with Crippen molar-refractivity contribution in [2.24, 2.45) is 0 Å². The van der Waals surface area contributed by atoms with E-state index in [1.807, 2.05) is 13.0 Å². The molecular weight excluding hydrogens is 313 g/mol. The molecule has 0 aliphatic carbocycles. The normalized spacial score (nSPS) is 10.1. The Bertz CT molecular complexity index is 710. The van der Waals surface area contributed by atoms with Crippen LogP contribution in [0.2, 0.25) is 0 Å². The molecule has 0 atom stereocenters. The number of Topliss-reactive ketones (excluding diaryl/α,β-unsaturated/α-hetero) is 1. The van der Waals surface area contributed by atoms with E-state index < -0.39 is 30.1 Å². The van der Waals surface area contributed by atoms with Crippen LogP contribution in [0.4, 0.5) is 4.39 Å². The fraction of sp³-hybridized carbons (Fsp3) is 0.167. The Balaban J connectivity index is 1.79. The number of halogens is 1. The van der Waals surface area contributed by atoms with Gasteiger partial charge in [-0.25, -0.2) is 4.39 Å². The zero-order valence-corrected chi connectivity index (χ0v) is 13.0. The topological polar surface area (TPSA) is 72.5 Å². The van der Waals surface area contributed by atoms with E-state index in [4.69, 9.17) is 4.74 Å². The largest absolute Gasteiger partial charge is 0.456 e. The number of rotatable bonds is 6. The minimum atomic E-state index is -0.749. The number of carbonyl (C=O) groups excluding carboxylic acids is 3. The van der Waals surface area contributed by atoms with Gasteiger partial charge in [-0.05, 0) is 31.2 Å². The molecule has 1 amide bonds. The van der Waals surface area contributed by atoms with Crippen LogP contribution in [0.5, 0.6) is 0 Å². The molecule has 1 N–H and O–H groups in total. The van der Waals surface area contributed by atoms with Crippen LogP contribution in [-0.2, 0) is 9.53 Å². The van der Waals surface area contributed by atoms with Crippen molar-refractivity contribution in [3.63, 3.8) is 0 Å². The van der Waals surface area contributed by atoms with Crippen molar-refractivity contribution in [3.05, 3.63) is 71.0 Å². The van der Waals surface area contributed by atoms with Crippen LogP contribution in [-0.4, -0.2) is 30.8 Å². The second-order valence-corrected chi connectivity index (χ2v) is 5.15. The molecule has 5 nitrogen and oxygen atoms in total. The average molecular weight is 329 g/mol. The quantitative estimate of drug-likeness (QED) is 0.652. The van der Waals surface area contributed by atoms with Gasteiger partial charge in [-0.2, -0.15) is 0 Å². The zero-order chi connectivity index (χ0) is 17.5. The van der Waals surface area contributed by atoms with E-state index in [-0.39, 0.29) is 12.1 Å². The van der Waals surface area contributed by atoms with E-state index in [0.717, 1.165) is 11.6 Å². The molecule has 6 heteroatoms. The van der Waals surface area contributed by atoms with Crippen LogP contribution in [0.1, 0.15) is 26.3 Å². The van der Waals surface area contributed by atoms with Crippen molar-refractivity contribution >= 4 is 17.7 Å². The van der Waals surface area contributed by atoms with Crippen LogP contribution in [0, 0.1) is 12.7 Å². The van der Waals surface area contributed by atoms with Crippen molar-refractivity contribution in [2.75, 3.05) is 13.2 Å². The monoisotopic (exact) mass is 329 g/mol. The van der Waals surface area contributed by atoms with Crippen LogP contribution >= 0.6 is 0 Å². The standard InChI is InChI=1S/C18H16FNO4/c1-12-4-2-6-14(8-12)18(23)20-10-17(22)24-11-16(21)13-5-3-7-15(19)9-13/h2-9H,10-11H2,1H3,(H,20,23). The summed E-state index contributed by atoms with van der Waals surface area (Å²) < 4.78 is 17.8. The molecule has 0 heterocycles. The molecule has 2 rings (SSSR count). The van der Waals surface area contributed by atoms with Gasteiger partial charge in [-0.15, -0.1) is 0 Å². The molecular formula is C18H16FNO4. The number of carbonyl (C=O) groups is 3. The average Bonchev–Trinajstić information content (AvgIpc) is 2.57. The maximum absolute atomic E-state index is 13.0. The van der Waals surface area contributed by atoms with Crippen LogP contribution in [0.25, 0.3) is 0 Å². The third-order valence-electron chi connectivity index (χ3n) is 3.18. The number of aryl methyl sites for hydroxylation is 1. The van der Waals surface area contributed by atoms with Gasteiger partial charge in [-0.1, -0.05) is 29.8 Å². The third-order valence-corrected chi connectivity index (χ3v) is 3.18. The van der Waals surface area contributed by atoms with E-state index in [1.165, 1.54) is 18.2 Å². The summed E-state index contributed by atoms with van der Waals surface area (Å²) in [7, 11) is 0. The highest BCUT2D eigenvalue weighted by Gasteiger charge is 2.12. The molecule has 0 bridgehead atoms. The molecule has 0 spiro atoms. The van der Waals surface area contributed by atoms with Crippen LogP contribution in [0.3, 0.4) is 0 Å². The summed E-state index contributed by atoms with van der Waals surface area (Å²) in [5.74, 6) is -2.22. The Morgan fingerprint density at radius 2 is 1.75 bits per heavy atom. The number of esters is 1. The number of ketones is 1. The lowest BCUT2D eigenvalue weighted by Gasteiger charge is -2.07. The molecule has 2 aromatic carbocycles. The molecule has 2 aromatic rings. The highest BCUT2D eigenvalue weighted by molar-refractivity contribution is 5.98. The maximum atomic E-state index is 13.0. The van der Waals surface area contributed by atoms with Crippen molar-refractivity contribution < 1.29 is 23.5 Å². The SMILES string of the molecule is Cc1cccc(C(=O)NCC(=O)OCC(=O)c2cccc(F)c2)c1. The van der Waals surface area contributed by atoms with Crippen LogP contribution < -0.4 is 5.32 Å². The number of hydrogen-bond donors (Lipinski definition) is 1. The van der Waals surface area contributed by atoms with Gasteiger partial charge in [0.25, 0.3) is 5.91 Å². The number of benzene rings is 2. The molecule has 0 fully saturated rings. The zero-order valence-electron chi connectivity index (χ0n) is 13.0. The molecule has 0 saturated carbocycles. The molecule has 0 aliphatic heterocycles. The van der Waals surface area contributed by atoms with Crippen molar-refractivity contribution in [2.45, 2.75) is 6.92 Å². The predicted octanol–water partition coefficient (Wildman–Crippen LogP) is 2.29. The third kappa shape index (κ3) is 5.01. The Morgan fingerprint density at radius 1 is 1.04 bits per heavy atom. The first-order valence-corrected chi connectivity index (χ1v) is 7.25. The van der Waals surface area contributed by atoms with Gasteiger partial charge < -0.3 is 10.1 Å². The lowest BCUT2D eigenvalue weighted by molar-refractivity contribution is -0.141. The van der Waals surface area contributed by atoms with Crippen molar-refractivity contribution in [3.8, 4) is 0 Å². The summed E-state index contributed by atoms with van der Waals surface area (Å²) in [6.07, 6.45) is 0. The minimum Gasteiger partial charge on any atom is -0.456 e. The molecule has 0 aromatic heterocycles. The summed E-state index contributed by atoms with van der Waals surface area (Å²) in [4.78, 5) is 35.2. The summed E-state index contributed by atoms with van der Waals surface area (Å²) in [6.45, 7) is 0.981. The molecule has 0 saturated heterocycles.